The number of hydrogen-bond acceptors (Lipinski definition) is 4. The molecule has 1 unspecified atom stereocenters. The molecule has 1 atom stereocenters. The van der Waals surface area contributed by atoms with Crippen LogP contribution in [-0.2, 0) is 10.2 Å². The highest BCUT2D eigenvalue weighted by molar-refractivity contribution is 7.87. The van der Waals surface area contributed by atoms with Crippen LogP contribution < -0.4 is 10.5 Å². The summed E-state index contributed by atoms with van der Waals surface area (Å²) in [7, 11) is -3.47. The molecular formula is C8H20N4O3S. The van der Waals surface area contributed by atoms with Gasteiger partial charge in [-0.05, 0) is 0 Å². The van der Waals surface area contributed by atoms with Crippen molar-refractivity contribution in [3.05, 3.63) is 0 Å². The number of hydrogen-bond donors (Lipinski definition) is 3. The van der Waals surface area contributed by atoms with E-state index in [0.29, 0.717) is 13.1 Å². The van der Waals surface area contributed by atoms with Gasteiger partial charge in [-0.3, -0.25) is 0 Å². The predicted molar refractivity (Wildman–Crippen MR) is 62.4 cm³/mol. The van der Waals surface area contributed by atoms with Crippen molar-refractivity contribution in [3.63, 3.8) is 0 Å². The molecular weight excluding hydrogens is 232 g/mol. The van der Waals surface area contributed by atoms with Gasteiger partial charge in [0, 0.05) is 25.6 Å². The Morgan fingerprint density at radius 1 is 1.50 bits per heavy atom. The van der Waals surface area contributed by atoms with Gasteiger partial charge in [-0.2, -0.15) is 12.7 Å². The monoisotopic (exact) mass is 252 g/mol. The van der Waals surface area contributed by atoms with Crippen molar-refractivity contribution in [1.82, 2.24) is 9.03 Å². The topological polar surface area (TPSA) is 108 Å². The molecule has 0 spiro atoms. The summed E-state index contributed by atoms with van der Waals surface area (Å²) in [4.78, 5) is 0. The predicted octanol–water partition coefficient (Wildman–Crippen LogP) is -0.455. The number of nitrogens with two attached hydrogens (primary N) is 1. The lowest BCUT2D eigenvalue weighted by Gasteiger charge is -2.20. The molecule has 96 valence electrons. The maximum atomic E-state index is 11.7. The molecule has 0 rings (SSSR count). The number of rotatable bonds is 7. The van der Waals surface area contributed by atoms with Crippen LogP contribution in [0, 0.1) is 5.92 Å². The number of oxime groups is 1. The van der Waals surface area contributed by atoms with Crippen LogP contribution in [0.3, 0.4) is 0 Å². The molecule has 0 bridgehead atoms. The number of amidine groups is 1. The van der Waals surface area contributed by atoms with Gasteiger partial charge < -0.3 is 10.9 Å². The Morgan fingerprint density at radius 2 is 2.00 bits per heavy atom. The fourth-order valence-electron chi connectivity index (χ4n) is 1.09. The Hall–Kier alpha value is -0.860. The summed E-state index contributed by atoms with van der Waals surface area (Å²) in [6, 6.07) is 0. The quantitative estimate of drug-likeness (QED) is 0.247. The van der Waals surface area contributed by atoms with Gasteiger partial charge in [-0.25, -0.2) is 4.72 Å². The van der Waals surface area contributed by atoms with E-state index in [2.05, 4.69) is 9.88 Å². The van der Waals surface area contributed by atoms with Gasteiger partial charge in [0.25, 0.3) is 10.2 Å². The van der Waals surface area contributed by atoms with Crippen molar-refractivity contribution in [2.24, 2.45) is 16.8 Å². The third kappa shape index (κ3) is 4.33. The van der Waals surface area contributed by atoms with Crippen LogP contribution in [0.1, 0.15) is 20.8 Å². The second-order valence-electron chi connectivity index (χ2n) is 3.36. The van der Waals surface area contributed by atoms with E-state index < -0.39 is 10.2 Å². The zero-order valence-electron chi connectivity index (χ0n) is 9.84. The molecule has 0 aliphatic carbocycles. The Morgan fingerprint density at radius 3 is 2.38 bits per heavy atom. The summed E-state index contributed by atoms with van der Waals surface area (Å²) in [5, 5.41) is 11.2. The molecule has 0 amide bonds. The molecule has 0 saturated heterocycles. The molecule has 0 aromatic carbocycles. The van der Waals surface area contributed by atoms with Crippen LogP contribution in [0.25, 0.3) is 0 Å². The smallest absolute Gasteiger partial charge is 0.279 e. The van der Waals surface area contributed by atoms with E-state index >= 15 is 0 Å². The van der Waals surface area contributed by atoms with Gasteiger partial charge in [-0.15, -0.1) is 0 Å². The van der Waals surface area contributed by atoms with Gasteiger partial charge in [0.15, 0.2) is 0 Å². The summed E-state index contributed by atoms with van der Waals surface area (Å²) in [5.74, 6) is -0.349. The van der Waals surface area contributed by atoms with E-state index in [1.807, 2.05) is 0 Å². The van der Waals surface area contributed by atoms with Crippen molar-refractivity contribution < 1.29 is 13.6 Å². The third-order valence-corrected chi connectivity index (χ3v) is 3.97. The second-order valence-corrected chi connectivity index (χ2v) is 5.12. The van der Waals surface area contributed by atoms with Gasteiger partial charge >= 0.3 is 0 Å². The molecule has 16 heavy (non-hydrogen) atoms. The summed E-state index contributed by atoms with van der Waals surface area (Å²) in [5.41, 5.74) is 5.34. The van der Waals surface area contributed by atoms with Gasteiger partial charge in [0.05, 0.1) is 0 Å². The molecule has 4 N–H and O–H groups in total. The lowest BCUT2D eigenvalue weighted by molar-refractivity contribution is 0.314. The summed E-state index contributed by atoms with van der Waals surface area (Å²) in [6.07, 6.45) is 0. The first-order valence-electron chi connectivity index (χ1n) is 5.11. The summed E-state index contributed by atoms with van der Waals surface area (Å²) < 4.78 is 27.1. The zero-order chi connectivity index (χ0) is 12.8. The molecule has 0 aromatic heterocycles. The molecule has 0 heterocycles. The van der Waals surface area contributed by atoms with Crippen molar-refractivity contribution >= 4 is 16.0 Å². The lowest BCUT2D eigenvalue weighted by Crippen LogP contribution is -2.43. The third-order valence-electron chi connectivity index (χ3n) is 2.24. The molecule has 0 aromatic rings. The molecule has 7 nitrogen and oxygen atoms in total. The fraction of sp³-hybridized carbons (Fsp3) is 0.875. The van der Waals surface area contributed by atoms with Crippen LogP contribution in [0.15, 0.2) is 5.16 Å². The minimum atomic E-state index is -3.47. The fourth-order valence-corrected chi connectivity index (χ4v) is 2.41. The Bertz CT molecular complexity index is 324. The minimum Gasteiger partial charge on any atom is -0.409 e. The van der Waals surface area contributed by atoms with Crippen LogP contribution in [0.2, 0.25) is 0 Å². The van der Waals surface area contributed by atoms with Gasteiger partial charge in [0.1, 0.15) is 5.84 Å². The average Bonchev–Trinajstić information content (AvgIpc) is 2.26. The first-order chi connectivity index (χ1) is 7.38. The van der Waals surface area contributed by atoms with Gasteiger partial charge in [0.2, 0.25) is 0 Å². The van der Waals surface area contributed by atoms with E-state index in [4.69, 9.17) is 10.9 Å². The Balaban J connectivity index is 4.40. The lowest BCUT2D eigenvalue weighted by atomic mass is 10.2. The molecule has 0 fully saturated rings. The van der Waals surface area contributed by atoms with E-state index in [1.165, 1.54) is 4.31 Å². The SMILES string of the molecule is CCN(CC)S(=O)(=O)NCC(C)C(N)=NO. The number of nitrogens with one attached hydrogen (secondary N) is 1. The molecule has 0 aliphatic heterocycles. The van der Waals surface area contributed by atoms with Crippen molar-refractivity contribution in [1.29, 1.82) is 0 Å². The highest BCUT2D eigenvalue weighted by atomic mass is 32.2. The van der Waals surface area contributed by atoms with Crippen molar-refractivity contribution in [2.75, 3.05) is 19.6 Å². The highest BCUT2D eigenvalue weighted by Gasteiger charge is 2.19. The van der Waals surface area contributed by atoms with Crippen molar-refractivity contribution in [3.8, 4) is 0 Å². The van der Waals surface area contributed by atoms with E-state index in [0.717, 1.165) is 0 Å². The molecule has 8 heteroatoms. The van der Waals surface area contributed by atoms with Gasteiger partial charge in [-0.1, -0.05) is 25.9 Å². The molecule has 0 saturated carbocycles. The van der Waals surface area contributed by atoms with Crippen LogP contribution in [0.4, 0.5) is 0 Å². The molecule has 0 radical (unpaired) electrons. The summed E-state index contributed by atoms with van der Waals surface area (Å²) >= 11 is 0. The highest BCUT2D eigenvalue weighted by Crippen LogP contribution is 1.99. The maximum Gasteiger partial charge on any atom is 0.279 e. The minimum absolute atomic E-state index is 0.00208. The van der Waals surface area contributed by atoms with E-state index in [9.17, 15) is 8.42 Å². The Labute approximate surface area is 96.5 Å². The first kappa shape index (κ1) is 15.1. The number of nitrogens with zero attached hydrogens (tertiary/aromatic N) is 2. The maximum absolute atomic E-state index is 11.7. The van der Waals surface area contributed by atoms with Crippen LogP contribution in [-0.4, -0.2) is 43.4 Å². The zero-order valence-corrected chi connectivity index (χ0v) is 10.7. The second kappa shape index (κ2) is 6.66. The standard InChI is InChI=1S/C8H20N4O3S/c1-4-12(5-2)16(14,15)10-6-7(3)8(9)11-13/h7,10,13H,4-6H2,1-3H3,(H2,9,11). The summed E-state index contributed by atoms with van der Waals surface area (Å²) in [6.45, 7) is 6.10. The van der Waals surface area contributed by atoms with Crippen LogP contribution in [0.5, 0.6) is 0 Å². The van der Waals surface area contributed by atoms with E-state index in [-0.39, 0.29) is 18.3 Å². The Kier molecular flexibility index (Phi) is 6.31. The molecule has 0 aliphatic rings. The van der Waals surface area contributed by atoms with E-state index in [1.54, 1.807) is 20.8 Å². The average molecular weight is 252 g/mol. The van der Waals surface area contributed by atoms with Crippen LogP contribution >= 0.6 is 0 Å². The van der Waals surface area contributed by atoms with Crippen molar-refractivity contribution in [2.45, 2.75) is 20.8 Å². The first-order valence-corrected chi connectivity index (χ1v) is 6.55. The largest absolute Gasteiger partial charge is 0.409 e. The normalized spacial score (nSPS) is 15.4.